The molecule has 0 bridgehead atoms. The standard InChI is InChI=1S/C29H24BrN3O/c30-24-19-26-27(31-20-24)33(28(34)32(26)25-17-10-18-25)29(21-11-4-1-5-12-21,22-13-6-2-7-14-22)23-15-8-3-9-16-23/h1-9,11-16,19-20,25H,10,17-18H2. The molecule has 6 rings (SSSR count). The van der Waals surface area contributed by atoms with Gasteiger partial charge in [-0.25, -0.2) is 9.78 Å². The Morgan fingerprint density at radius 3 is 1.74 bits per heavy atom. The van der Waals surface area contributed by atoms with Gasteiger partial charge >= 0.3 is 5.69 Å². The van der Waals surface area contributed by atoms with E-state index >= 15 is 0 Å². The number of hydrogen-bond donors (Lipinski definition) is 0. The average Bonchev–Trinajstić information content (AvgIpc) is 3.12. The van der Waals surface area contributed by atoms with Gasteiger partial charge in [0.15, 0.2) is 5.65 Å². The van der Waals surface area contributed by atoms with Crippen molar-refractivity contribution in [3.8, 4) is 0 Å². The zero-order valence-electron chi connectivity index (χ0n) is 18.6. The molecule has 2 aromatic heterocycles. The maximum absolute atomic E-state index is 14.5. The van der Waals surface area contributed by atoms with Crippen LogP contribution in [0.3, 0.4) is 0 Å². The van der Waals surface area contributed by atoms with E-state index in [1.54, 1.807) is 6.20 Å². The monoisotopic (exact) mass is 509 g/mol. The van der Waals surface area contributed by atoms with Crippen LogP contribution < -0.4 is 5.69 Å². The lowest BCUT2D eigenvalue weighted by molar-refractivity contribution is 0.307. The number of pyridine rings is 1. The first-order valence-electron chi connectivity index (χ1n) is 11.7. The number of benzene rings is 3. The lowest BCUT2D eigenvalue weighted by Gasteiger charge is -2.37. The predicted octanol–water partition coefficient (Wildman–Crippen LogP) is 6.53. The van der Waals surface area contributed by atoms with Crippen LogP contribution in [0.5, 0.6) is 0 Å². The van der Waals surface area contributed by atoms with Gasteiger partial charge in [-0.3, -0.25) is 9.13 Å². The van der Waals surface area contributed by atoms with E-state index in [0.717, 1.165) is 45.9 Å². The zero-order chi connectivity index (χ0) is 23.1. The van der Waals surface area contributed by atoms with Gasteiger partial charge in [0, 0.05) is 16.7 Å². The molecule has 1 aliphatic carbocycles. The van der Waals surface area contributed by atoms with Crippen molar-refractivity contribution in [2.45, 2.75) is 30.8 Å². The van der Waals surface area contributed by atoms with Crippen molar-refractivity contribution in [3.63, 3.8) is 0 Å². The Balaban J connectivity index is 1.83. The van der Waals surface area contributed by atoms with Crippen LogP contribution in [0.4, 0.5) is 0 Å². The summed E-state index contributed by atoms with van der Waals surface area (Å²) in [6.45, 7) is 0. The van der Waals surface area contributed by atoms with Gasteiger partial charge in [0.05, 0.1) is 5.52 Å². The number of halogens is 1. The molecule has 0 N–H and O–H groups in total. The van der Waals surface area contributed by atoms with Crippen molar-refractivity contribution in [1.82, 2.24) is 14.1 Å². The highest BCUT2D eigenvalue weighted by Gasteiger charge is 2.43. The molecule has 1 fully saturated rings. The molecule has 5 aromatic rings. The van der Waals surface area contributed by atoms with E-state index in [0.29, 0.717) is 5.65 Å². The fourth-order valence-electron chi connectivity index (χ4n) is 5.30. The molecule has 0 atom stereocenters. The second kappa shape index (κ2) is 8.41. The average molecular weight is 510 g/mol. The van der Waals surface area contributed by atoms with Gasteiger partial charge in [0.2, 0.25) is 0 Å². The van der Waals surface area contributed by atoms with Crippen LogP contribution in [0.15, 0.2) is 113 Å². The Hall–Kier alpha value is -3.44. The number of fused-ring (bicyclic) bond motifs is 1. The van der Waals surface area contributed by atoms with Gasteiger partial charge < -0.3 is 0 Å². The molecule has 0 radical (unpaired) electrons. The highest BCUT2D eigenvalue weighted by molar-refractivity contribution is 9.10. The van der Waals surface area contributed by atoms with Crippen molar-refractivity contribution in [2.75, 3.05) is 0 Å². The van der Waals surface area contributed by atoms with Crippen LogP contribution in [0.1, 0.15) is 42.0 Å². The van der Waals surface area contributed by atoms with E-state index in [-0.39, 0.29) is 11.7 Å². The molecule has 0 unspecified atom stereocenters. The summed E-state index contributed by atoms with van der Waals surface area (Å²) < 4.78 is 4.77. The third-order valence-corrected chi connectivity index (χ3v) is 7.47. The third kappa shape index (κ3) is 3.11. The minimum absolute atomic E-state index is 0.0261. The molecule has 1 aliphatic rings. The highest BCUT2D eigenvalue weighted by atomic mass is 79.9. The van der Waals surface area contributed by atoms with Crippen molar-refractivity contribution in [1.29, 1.82) is 0 Å². The molecule has 2 heterocycles. The number of nitrogens with zero attached hydrogens (tertiary/aromatic N) is 3. The van der Waals surface area contributed by atoms with Crippen molar-refractivity contribution >= 4 is 27.1 Å². The SMILES string of the molecule is O=c1n(C2CCC2)c2cc(Br)cnc2n1C(c1ccccc1)(c1ccccc1)c1ccccc1. The summed E-state index contributed by atoms with van der Waals surface area (Å²) >= 11 is 3.59. The number of rotatable bonds is 5. The first-order chi connectivity index (χ1) is 16.7. The lowest BCUT2D eigenvalue weighted by atomic mass is 9.76. The van der Waals surface area contributed by atoms with Crippen LogP contribution in [0, 0.1) is 0 Å². The van der Waals surface area contributed by atoms with Gasteiger partial charge in [-0.1, -0.05) is 91.0 Å². The van der Waals surface area contributed by atoms with Gasteiger partial charge in [-0.05, 0) is 57.9 Å². The molecule has 34 heavy (non-hydrogen) atoms. The van der Waals surface area contributed by atoms with Gasteiger partial charge in [-0.15, -0.1) is 0 Å². The topological polar surface area (TPSA) is 39.8 Å². The Bertz CT molecular complexity index is 1410. The summed E-state index contributed by atoms with van der Waals surface area (Å²) in [4.78, 5) is 19.3. The molecule has 5 heteroatoms. The van der Waals surface area contributed by atoms with Crippen LogP contribution in [-0.2, 0) is 5.54 Å². The van der Waals surface area contributed by atoms with E-state index in [2.05, 4.69) is 52.3 Å². The fraction of sp³-hybridized carbons (Fsp3) is 0.172. The molecular weight excluding hydrogens is 486 g/mol. The molecule has 4 nitrogen and oxygen atoms in total. The van der Waals surface area contributed by atoms with Crippen molar-refractivity contribution < 1.29 is 0 Å². The number of imidazole rings is 1. The smallest absolute Gasteiger partial charge is 0.287 e. The first-order valence-corrected chi connectivity index (χ1v) is 12.5. The van der Waals surface area contributed by atoms with Gasteiger partial charge in [0.1, 0.15) is 5.54 Å². The van der Waals surface area contributed by atoms with E-state index in [4.69, 9.17) is 4.98 Å². The summed E-state index contributed by atoms with van der Waals surface area (Å²) in [5.74, 6) is 0. The van der Waals surface area contributed by atoms with Crippen LogP contribution in [-0.4, -0.2) is 14.1 Å². The molecule has 3 aromatic carbocycles. The van der Waals surface area contributed by atoms with Crippen molar-refractivity contribution in [3.05, 3.63) is 135 Å². The molecule has 0 amide bonds. The highest BCUT2D eigenvalue weighted by Crippen LogP contribution is 2.43. The van der Waals surface area contributed by atoms with Crippen LogP contribution in [0.25, 0.3) is 11.2 Å². The van der Waals surface area contributed by atoms with E-state index in [1.807, 2.05) is 69.8 Å². The van der Waals surface area contributed by atoms with Crippen molar-refractivity contribution in [2.24, 2.45) is 0 Å². The number of hydrogen-bond acceptors (Lipinski definition) is 2. The second-order valence-electron chi connectivity index (χ2n) is 8.88. The molecule has 168 valence electrons. The Kier molecular flexibility index (Phi) is 5.22. The Morgan fingerprint density at radius 1 is 0.794 bits per heavy atom. The largest absolute Gasteiger partial charge is 0.331 e. The van der Waals surface area contributed by atoms with Crippen LogP contribution in [0.2, 0.25) is 0 Å². The third-order valence-electron chi connectivity index (χ3n) is 7.03. The zero-order valence-corrected chi connectivity index (χ0v) is 20.2. The minimum atomic E-state index is -0.880. The van der Waals surface area contributed by atoms with E-state index in [9.17, 15) is 4.79 Å². The molecule has 0 spiro atoms. The molecule has 0 aliphatic heterocycles. The van der Waals surface area contributed by atoms with E-state index in [1.165, 1.54) is 0 Å². The summed E-state index contributed by atoms with van der Waals surface area (Å²) in [5.41, 5.74) is 3.72. The van der Waals surface area contributed by atoms with Gasteiger partial charge in [-0.2, -0.15) is 0 Å². The summed E-state index contributed by atoms with van der Waals surface area (Å²) in [7, 11) is 0. The van der Waals surface area contributed by atoms with Gasteiger partial charge in [0.25, 0.3) is 0 Å². The second-order valence-corrected chi connectivity index (χ2v) is 9.79. The lowest BCUT2D eigenvalue weighted by Crippen LogP contribution is -2.45. The summed E-state index contributed by atoms with van der Waals surface area (Å²) in [6, 6.07) is 33.2. The summed E-state index contributed by atoms with van der Waals surface area (Å²) in [5, 5.41) is 0. The Labute approximate surface area is 206 Å². The minimum Gasteiger partial charge on any atom is -0.287 e. The number of aromatic nitrogens is 3. The maximum Gasteiger partial charge on any atom is 0.331 e. The molecule has 1 saturated carbocycles. The Morgan fingerprint density at radius 2 is 1.29 bits per heavy atom. The maximum atomic E-state index is 14.5. The van der Waals surface area contributed by atoms with E-state index < -0.39 is 5.54 Å². The molecule has 0 saturated heterocycles. The van der Waals surface area contributed by atoms with Crippen LogP contribution >= 0.6 is 15.9 Å². The predicted molar refractivity (Wildman–Crippen MR) is 139 cm³/mol. The molecular formula is C29H24BrN3O. The summed E-state index contributed by atoms with van der Waals surface area (Å²) in [6.07, 6.45) is 4.96. The quantitative estimate of drug-likeness (QED) is 0.253. The fourth-order valence-corrected chi connectivity index (χ4v) is 5.62. The normalized spacial score (nSPS) is 14.3. The first kappa shape index (κ1) is 21.1.